The number of aromatic nitrogens is 3. The highest BCUT2D eigenvalue weighted by Crippen LogP contribution is 2.39. The summed E-state index contributed by atoms with van der Waals surface area (Å²) < 4.78 is 29.0. The molecule has 0 unspecified atom stereocenters. The summed E-state index contributed by atoms with van der Waals surface area (Å²) >= 11 is 0. The number of pyridine rings is 1. The molecule has 0 spiro atoms. The zero-order chi connectivity index (χ0) is 26.2. The minimum atomic E-state index is -4.33. The Morgan fingerprint density at radius 3 is 2.54 bits per heavy atom. The van der Waals surface area contributed by atoms with Crippen LogP contribution in [0.3, 0.4) is 0 Å². The van der Waals surface area contributed by atoms with Gasteiger partial charge in [0.15, 0.2) is 4.90 Å². The van der Waals surface area contributed by atoms with E-state index in [9.17, 15) is 18.3 Å². The van der Waals surface area contributed by atoms with Crippen molar-refractivity contribution in [3.63, 3.8) is 0 Å². The number of benzene rings is 2. The van der Waals surface area contributed by atoms with Gasteiger partial charge in [0.25, 0.3) is 5.56 Å². The molecule has 8 heteroatoms. The summed E-state index contributed by atoms with van der Waals surface area (Å²) in [5.41, 5.74) is 3.81. The molecule has 0 bridgehead atoms. The molecule has 37 heavy (non-hydrogen) atoms. The van der Waals surface area contributed by atoms with Gasteiger partial charge in [-0.3, -0.25) is 14.3 Å². The Bertz CT molecular complexity index is 1630. The Kier molecular flexibility index (Phi) is 6.69. The van der Waals surface area contributed by atoms with E-state index in [1.54, 1.807) is 22.9 Å². The van der Waals surface area contributed by atoms with Crippen molar-refractivity contribution in [2.75, 3.05) is 0 Å². The molecular formula is C29H29N3O4S. The highest BCUT2D eigenvalue weighted by Gasteiger charge is 2.34. The highest BCUT2D eigenvalue weighted by atomic mass is 32.2. The maximum Gasteiger partial charge on any atom is 0.296 e. The monoisotopic (exact) mass is 515 g/mol. The minimum absolute atomic E-state index is 0.0732. The van der Waals surface area contributed by atoms with E-state index in [4.69, 9.17) is 0 Å². The van der Waals surface area contributed by atoms with Crippen molar-refractivity contribution < 1.29 is 13.5 Å². The largest absolute Gasteiger partial charge is 0.493 e. The molecule has 1 atom stereocenters. The molecule has 0 amide bonds. The number of rotatable bonds is 7. The summed E-state index contributed by atoms with van der Waals surface area (Å²) in [5.74, 6) is -0.130. The fraction of sp³-hybridized carbons (Fsp3) is 0.276. The van der Waals surface area contributed by atoms with Crippen LogP contribution in [0, 0.1) is 6.92 Å². The first-order valence-corrected chi connectivity index (χ1v) is 14.0. The van der Waals surface area contributed by atoms with Crippen LogP contribution >= 0.6 is 0 Å². The van der Waals surface area contributed by atoms with E-state index in [1.165, 1.54) is 12.1 Å². The fourth-order valence-electron chi connectivity index (χ4n) is 5.10. The Hall–Kier alpha value is -3.78. The van der Waals surface area contributed by atoms with Crippen molar-refractivity contribution >= 4 is 9.84 Å². The number of sulfone groups is 1. The first-order chi connectivity index (χ1) is 17.8. The van der Waals surface area contributed by atoms with Crippen molar-refractivity contribution in [1.82, 2.24) is 14.5 Å². The summed E-state index contributed by atoms with van der Waals surface area (Å²) in [6, 6.07) is 17.7. The molecule has 7 nitrogen and oxygen atoms in total. The zero-order valence-electron chi connectivity index (χ0n) is 20.9. The lowest BCUT2D eigenvalue weighted by atomic mass is 10.1. The zero-order valence-corrected chi connectivity index (χ0v) is 21.7. The summed E-state index contributed by atoms with van der Waals surface area (Å²) in [4.78, 5) is 20.8. The van der Waals surface area contributed by atoms with Gasteiger partial charge in [0.05, 0.1) is 10.9 Å². The van der Waals surface area contributed by atoms with Gasteiger partial charge < -0.3 is 5.11 Å². The summed E-state index contributed by atoms with van der Waals surface area (Å²) in [6.45, 7) is 3.92. The van der Waals surface area contributed by atoms with Gasteiger partial charge in [-0.05, 0) is 72.7 Å². The molecular weight excluding hydrogens is 486 g/mol. The van der Waals surface area contributed by atoms with Crippen molar-refractivity contribution in [3.8, 4) is 17.0 Å². The Balaban J connectivity index is 1.62. The lowest BCUT2D eigenvalue weighted by molar-refractivity contribution is 0.361. The number of aromatic hydroxyl groups is 1. The number of hydrogen-bond donors (Lipinski definition) is 1. The maximum absolute atomic E-state index is 13.7. The molecule has 190 valence electrons. The predicted molar refractivity (Wildman–Crippen MR) is 142 cm³/mol. The van der Waals surface area contributed by atoms with Crippen LogP contribution in [0.15, 0.2) is 81.4 Å². The van der Waals surface area contributed by atoms with Crippen LogP contribution in [0.25, 0.3) is 11.1 Å². The quantitative estimate of drug-likeness (QED) is 0.370. The fourth-order valence-corrected chi connectivity index (χ4v) is 6.44. The standard InChI is InChI=1S/C29H29N3O4S/c1-3-4-9-26-31-28(33)27(29(34)32(26)25-15-12-21-7-5-6-8-24(21)25)37(35,36)23-13-10-20(11-14-23)22-16-17-30-19(2)18-22/h5-8,10-11,13-14,16-18,25,34H,3-4,9,12,15H2,1-2H3/t25-/m0/s1. The van der Waals surface area contributed by atoms with E-state index in [0.29, 0.717) is 18.7 Å². The first-order valence-electron chi connectivity index (χ1n) is 12.5. The molecule has 0 radical (unpaired) electrons. The molecule has 4 aromatic rings. The summed E-state index contributed by atoms with van der Waals surface area (Å²) in [6.07, 6.45) is 5.30. The second-order valence-electron chi connectivity index (χ2n) is 9.43. The molecule has 2 aromatic carbocycles. The Labute approximate surface area is 216 Å². The molecule has 5 rings (SSSR count). The molecule has 2 heterocycles. The highest BCUT2D eigenvalue weighted by molar-refractivity contribution is 7.91. The lowest BCUT2D eigenvalue weighted by Gasteiger charge is -2.23. The van der Waals surface area contributed by atoms with Gasteiger partial charge in [-0.25, -0.2) is 8.42 Å². The SMILES string of the molecule is CCCCc1nc(=O)c(S(=O)(=O)c2ccc(-c3ccnc(C)c3)cc2)c(O)n1[C@H]1CCc2ccccc21. The van der Waals surface area contributed by atoms with Gasteiger partial charge >= 0.3 is 0 Å². The minimum Gasteiger partial charge on any atom is -0.493 e. The average Bonchev–Trinajstić information content (AvgIpc) is 3.31. The van der Waals surface area contributed by atoms with Crippen LogP contribution in [-0.4, -0.2) is 28.1 Å². The van der Waals surface area contributed by atoms with E-state index in [2.05, 4.69) is 9.97 Å². The number of aryl methyl sites for hydroxylation is 3. The summed E-state index contributed by atoms with van der Waals surface area (Å²) in [5, 5.41) is 11.4. The number of hydrogen-bond acceptors (Lipinski definition) is 6. The molecule has 2 aromatic heterocycles. The van der Waals surface area contributed by atoms with E-state index >= 15 is 0 Å². The predicted octanol–water partition coefficient (Wildman–Crippen LogP) is 5.03. The van der Waals surface area contributed by atoms with Crippen molar-refractivity contribution in [3.05, 3.63) is 99.9 Å². The van der Waals surface area contributed by atoms with Gasteiger partial charge in [-0.1, -0.05) is 49.7 Å². The van der Waals surface area contributed by atoms with Crippen molar-refractivity contribution in [2.45, 2.75) is 61.8 Å². The normalized spacial score (nSPS) is 15.0. The Morgan fingerprint density at radius 2 is 1.81 bits per heavy atom. The smallest absolute Gasteiger partial charge is 0.296 e. The molecule has 0 saturated carbocycles. The molecule has 0 fully saturated rings. The Morgan fingerprint density at radius 1 is 1.05 bits per heavy atom. The van der Waals surface area contributed by atoms with E-state index in [1.807, 2.05) is 50.2 Å². The first kappa shape index (κ1) is 24.9. The van der Waals surface area contributed by atoms with Crippen molar-refractivity contribution in [2.24, 2.45) is 0 Å². The van der Waals surface area contributed by atoms with Crippen molar-refractivity contribution in [1.29, 1.82) is 0 Å². The third-order valence-corrected chi connectivity index (χ3v) is 8.75. The third-order valence-electron chi connectivity index (χ3n) is 6.96. The topological polar surface area (TPSA) is 102 Å². The lowest BCUT2D eigenvalue weighted by Crippen LogP contribution is -2.27. The average molecular weight is 516 g/mol. The van der Waals surface area contributed by atoms with Gasteiger partial charge in [-0.2, -0.15) is 4.98 Å². The van der Waals surface area contributed by atoms with Gasteiger partial charge in [0.1, 0.15) is 5.82 Å². The van der Waals surface area contributed by atoms with Gasteiger partial charge in [-0.15, -0.1) is 0 Å². The van der Waals surface area contributed by atoms with Crippen LogP contribution in [0.2, 0.25) is 0 Å². The van der Waals surface area contributed by atoms with Crippen LogP contribution in [0.1, 0.15) is 54.9 Å². The molecule has 1 N–H and O–H groups in total. The van der Waals surface area contributed by atoms with Crippen LogP contribution in [0.4, 0.5) is 0 Å². The van der Waals surface area contributed by atoms with Gasteiger partial charge in [0, 0.05) is 18.3 Å². The molecule has 1 aliphatic rings. The van der Waals surface area contributed by atoms with Crippen LogP contribution in [-0.2, 0) is 22.7 Å². The maximum atomic E-state index is 13.7. The van der Waals surface area contributed by atoms with Crippen LogP contribution < -0.4 is 5.56 Å². The number of unbranched alkanes of at least 4 members (excludes halogenated alkanes) is 1. The number of nitrogens with zero attached hydrogens (tertiary/aromatic N) is 3. The number of fused-ring (bicyclic) bond motifs is 1. The van der Waals surface area contributed by atoms with E-state index < -0.39 is 26.2 Å². The van der Waals surface area contributed by atoms with Gasteiger partial charge in [0.2, 0.25) is 15.7 Å². The molecule has 0 aliphatic heterocycles. The molecule has 1 aliphatic carbocycles. The third kappa shape index (κ3) is 4.57. The second-order valence-corrected chi connectivity index (χ2v) is 11.3. The van der Waals surface area contributed by atoms with E-state index in [-0.39, 0.29) is 10.9 Å². The van der Waals surface area contributed by atoms with Crippen LogP contribution in [0.5, 0.6) is 5.88 Å². The second kappa shape index (κ2) is 9.94. The molecule has 0 saturated heterocycles. The van der Waals surface area contributed by atoms with E-state index in [0.717, 1.165) is 47.2 Å². The summed E-state index contributed by atoms with van der Waals surface area (Å²) in [7, 11) is -4.33.